The molecular weight excluding hydrogens is 162 g/mol. The molecule has 0 aliphatic carbocycles. The fourth-order valence-electron chi connectivity index (χ4n) is 1.08. The molecule has 1 rings (SSSR count). The molecule has 0 fully saturated rings. The minimum Gasteiger partial charge on any atom is -0.358 e. The second-order valence-corrected chi connectivity index (χ2v) is 3.22. The number of pyridine rings is 1. The normalized spacial score (nSPS) is 10.1. The maximum Gasteiger partial charge on any atom is 0.128 e. The molecule has 0 radical (unpaired) electrons. The Kier molecular flexibility index (Phi) is 3.71. The zero-order valence-electron chi connectivity index (χ0n) is 8.54. The first-order valence-electron chi connectivity index (χ1n) is 4.52. The van der Waals surface area contributed by atoms with Crippen LogP contribution >= 0.6 is 0 Å². The molecule has 1 aromatic heterocycles. The molecule has 3 heteroatoms. The van der Waals surface area contributed by atoms with Gasteiger partial charge in [0.2, 0.25) is 0 Å². The number of aryl methyl sites for hydroxylation is 1. The third-order valence-electron chi connectivity index (χ3n) is 1.98. The molecule has 1 aromatic rings. The van der Waals surface area contributed by atoms with Gasteiger partial charge in [-0.25, -0.2) is 4.98 Å². The molecule has 0 bridgehead atoms. The maximum absolute atomic E-state index is 4.33. The van der Waals surface area contributed by atoms with E-state index in [0.29, 0.717) is 0 Å². The molecule has 1 heterocycles. The Balaban J connectivity index is 2.55. The lowest BCUT2D eigenvalue weighted by atomic mass is 10.3. The van der Waals surface area contributed by atoms with Crippen molar-refractivity contribution in [1.29, 1.82) is 0 Å². The van der Waals surface area contributed by atoms with E-state index in [-0.39, 0.29) is 0 Å². The highest BCUT2D eigenvalue weighted by atomic mass is 15.2. The van der Waals surface area contributed by atoms with Gasteiger partial charge in [-0.1, -0.05) is 6.07 Å². The van der Waals surface area contributed by atoms with Crippen molar-refractivity contribution in [2.75, 3.05) is 32.1 Å². The molecule has 0 saturated heterocycles. The van der Waals surface area contributed by atoms with Gasteiger partial charge in [-0.3, -0.25) is 0 Å². The van der Waals surface area contributed by atoms with Gasteiger partial charge in [-0.05, 0) is 25.6 Å². The van der Waals surface area contributed by atoms with Crippen LogP contribution in [0.2, 0.25) is 0 Å². The molecule has 1 N–H and O–H groups in total. The van der Waals surface area contributed by atoms with Crippen LogP contribution < -0.4 is 10.2 Å². The Labute approximate surface area is 79.8 Å². The first kappa shape index (κ1) is 9.99. The molecular formula is C10H17N3. The Morgan fingerprint density at radius 2 is 2.23 bits per heavy atom. The summed E-state index contributed by atoms with van der Waals surface area (Å²) < 4.78 is 0. The second-order valence-electron chi connectivity index (χ2n) is 3.22. The smallest absolute Gasteiger partial charge is 0.128 e. The number of nitrogens with one attached hydrogen (secondary N) is 1. The van der Waals surface area contributed by atoms with Crippen molar-refractivity contribution in [1.82, 2.24) is 10.3 Å². The van der Waals surface area contributed by atoms with Crippen LogP contribution in [0.5, 0.6) is 0 Å². The molecule has 0 spiro atoms. The lowest BCUT2D eigenvalue weighted by Gasteiger charge is -2.17. The SMILES string of the molecule is CNCCN(C)c1ccc(C)cn1. The van der Waals surface area contributed by atoms with Gasteiger partial charge in [0.25, 0.3) is 0 Å². The Hall–Kier alpha value is -1.09. The molecule has 0 aromatic carbocycles. The molecule has 0 atom stereocenters. The Morgan fingerprint density at radius 1 is 1.46 bits per heavy atom. The van der Waals surface area contributed by atoms with E-state index in [1.807, 2.05) is 26.2 Å². The van der Waals surface area contributed by atoms with Crippen LogP contribution in [0, 0.1) is 6.92 Å². The zero-order chi connectivity index (χ0) is 9.68. The van der Waals surface area contributed by atoms with Crippen LogP contribution in [-0.4, -0.2) is 32.2 Å². The number of hydrogen-bond acceptors (Lipinski definition) is 3. The molecule has 0 saturated carbocycles. The van der Waals surface area contributed by atoms with E-state index >= 15 is 0 Å². The number of likely N-dealkylation sites (N-methyl/N-ethyl adjacent to an activating group) is 2. The maximum atomic E-state index is 4.33. The predicted octanol–water partition coefficient (Wildman–Crippen LogP) is 1.05. The quantitative estimate of drug-likeness (QED) is 0.748. The van der Waals surface area contributed by atoms with E-state index in [4.69, 9.17) is 0 Å². The summed E-state index contributed by atoms with van der Waals surface area (Å²) >= 11 is 0. The van der Waals surface area contributed by atoms with Gasteiger partial charge in [0.15, 0.2) is 0 Å². The van der Waals surface area contributed by atoms with Gasteiger partial charge >= 0.3 is 0 Å². The number of anilines is 1. The van der Waals surface area contributed by atoms with Gasteiger partial charge in [0, 0.05) is 26.3 Å². The van der Waals surface area contributed by atoms with E-state index < -0.39 is 0 Å². The number of hydrogen-bond donors (Lipinski definition) is 1. The molecule has 0 unspecified atom stereocenters. The van der Waals surface area contributed by atoms with Crippen molar-refractivity contribution in [3.8, 4) is 0 Å². The van der Waals surface area contributed by atoms with Crippen molar-refractivity contribution >= 4 is 5.82 Å². The van der Waals surface area contributed by atoms with Crippen LogP contribution in [0.25, 0.3) is 0 Å². The lowest BCUT2D eigenvalue weighted by molar-refractivity contribution is 0.761. The summed E-state index contributed by atoms with van der Waals surface area (Å²) in [5.74, 6) is 1.03. The topological polar surface area (TPSA) is 28.2 Å². The average molecular weight is 179 g/mol. The largest absolute Gasteiger partial charge is 0.358 e. The van der Waals surface area contributed by atoms with Gasteiger partial charge in [0.1, 0.15) is 5.82 Å². The first-order valence-corrected chi connectivity index (χ1v) is 4.52. The van der Waals surface area contributed by atoms with Gasteiger partial charge in [-0.15, -0.1) is 0 Å². The van der Waals surface area contributed by atoms with Gasteiger partial charge in [-0.2, -0.15) is 0 Å². The van der Waals surface area contributed by atoms with Crippen molar-refractivity contribution in [2.45, 2.75) is 6.92 Å². The van der Waals surface area contributed by atoms with Crippen LogP contribution in [0.15, 0.2) is 18.3 Å². The Morgan fingerprint density at radius 3 is 2.77 bits per heavy atom. The summed E-state index contributed by atoms with van der Waals surface area (Å²) in [6, 6.07) is 4.13. The van der Waals surface area contributed by atoms with E-state index in [0.717, 1.165) is 18.9 Å². The van der Waals surface area contributed by atoms with Gasteiger partial charge in [0.05, 0.1) is 0 Å². The molecule has 13 heavy (non-hydrogen) atoms. The highest BCUT2D eigenvalue weighted by Gasteiger charge is 1.99. The van der Waals surface area contributed by atoms with Crippen molar-refractivity contribution < 1.29 is 0 Å². The van der Waals surface area contributed by atoms with E-state index in [9.17, 15) is 0 Å². The van der Waals surface area contributed by atoms with Crippen LogP contribution in [0.4, 0.5) is 5.82 Å². The molecule has 3 nitrogen and oxygen atoms in total. The zero-order valence-corrected chi connectivity index (χ0v) is 8.54. The Bertz CT molecular complexity index is 243. The third-order valence-corrected chi connectivity index (χ3v) is 1.98. The summed E-state index contributed by atoms with van der Waals surface area (Å²) in [6.07, 6.45) is 1.89. The standard InChI is InChI=1S/C10H17N3/c1-9-4-5-10(12-8-9)13(3)7-6-11-2/h4-5,8,11H,6-7H2,1-3H3. The van der Waals surface area contributed by atoms with Crippen molar-refractivity contribution in [3.05, 3.63) is 23.9 Å². The summed E-state index contributed by atoms with van der Waals surface area (Å²) in [5, 5.41) is 3.11. The molecule has 0 aliphatic heterocycles. The number of rotatable bonds is 4. The van der Waals surface area contributed by atoms with Crippen LogP contribution in [-0.2, 0) is 0 Å². The number of aromatic nitrogens is 1. The number of nitrogens with zero attached hydrogens (tertiary/aromatic N) is 2. The minimum absolute atomic E-state index is 0.978. The van der Waals surface area contributed by atoms with Crippen LogP contribution in [0.3, 0.4) is 0 Å². The monoisotopic (exact) mass is 179 g/mol. The van der Waals surface area contributed by atoms with Crippen molar-refractivity contribution in [2.24, 2.45) is 0 Å². The summed E-state index contributed by atoms with van der Waals surface area (Å²) in [6.45, 7) is 4.00. The van der Waals surface area contributed by atoms with Gasteiger partial charge < -0.3 is 10.2 Å². The summed E-state index contributed by atoms with van der Waals surface area (Å²) in [4.78, 5) is 6.46. The predicted molar refractivity (Wildman–Crippen MR) is 56.2 cm³/mol. The van der Waals surface area contributed by atoms with Crippen LogP contribution in [0.1, 0.15) is 5.56 Å². The van der Waals surface area contributed by atoms with Crippen molar-refractivity contribution in [3.63, 3.8) is 0 Å². The molecule has 0 amide bonds. The van der Waals surface area contributed by atoms with E-state index in [1.54, 1.807) is 0 Å². The summed E-state index contributed by atoms with van der Waals surface area (Å²) in [7, 11) is 4.01. The second kappa shape index (κ2) is 4.82. The highest BCUT2D eigenvalue weighted by Crippen LogP contribution is 2.07. The highest BCUT2D eigenvalue weighted by molar-refractivity contribution is 5.37. The molecule has 0 aliphatic rings. The molecule has 72 valence electrons. The fourth-order valence-corrected chi connectivity index (χ4v) is 1.08. The third kappa shape index (κ3) is 3.03. The average Bonchev–Trinajstić information content (AvgIpc) is 2.15. The fraction of sp³-hybridized carbons (Fsp3) is 0.500. The first-order chi connectivity index (χ1) is 6.24. The van der Waals surface area contributed by atoms with E-state index in [1.165, 1.54) is 5.56 Å². The lowest BCUT2D eigenvalue weighted by Crippen LogP contribution is -2.27. The summed E-state index contributed by atoms with van der Waals surface area (Å²) in [5.41, 5.74) is 1.20. The van der Waals surface area contributed by atoms with E-state index in [2.05, 4.69) is 28.3 Å². The minimum atomic E-state index is 0.978.